The van der Waals surface area contributed by atoms with E-state index in [1.165, 1.54) is 90.2 Å². The fourth-order valence-corrected chi connectivity index (χ4v) is 11.7. The molecule has 0 saturated heterocycles. The van der Waals surface area contributed by atoms with Crippen LogP contribution in [0.25, 0.3) is 49.7 Å². The number of rotatable bonds is 18. The Kier molecular flexibility index (Phi) is 19.1. The molecule has 0 bridgehead atoms. The number of hydrogen-bond donors (Lipinski definition) is 0. The van der Waals surface area contributed by atoms with E-state index in [1.807, 2.05) is 13.0 Å². The van der Waals surface area contributed by atoms with E-state index in [0.29, 0.717) is 11.8 Å². The number of likely N-dealkylation sites (N-methyl/N-ethyl adjacent to an activating group) is 2. The molecule has 0 aliphatic heterocycles. The minimum Gasteiger partial charge on any atom is -0.370 e. The van der Waals surface area contributed by atoms with Gasteiger partial charge in [-0.3, -0.25) is 0 Å². The lowest BCUT2D eigenvalue weighted by Crippen LogP contribution is -2.26. The van der Waals surface area contributed by atoms with E-state index < -0.39 is 0 Å². The van der Waals surface area contributed by atoms with E-state index >= 15 is 0 Å². The summed E-state index contributed by atoms with van der Waals surface area (Å²) in [5.41, 5.74) is 21.0. The minimum atomic E-state index is 0.383. The zero-order valence-electron chi connectivity index (χ0n) is 50.3. The molecule has 0 amide bonds. The molecule has 3 aliphatic rings. The second-order valence-corrected chi connectivity index (χ2v) is 22.3. The quantitative estimate of drug-likeness (QED) is 0.0627. The molecule has 0 aromatic heterocycles. The van der Waals surface area contributed by atoms with Crippen LogP contribution in [0.4, 0.5) is 34.1 Å². The molecule has 13 rings (SSSR count). The summed E-state index contributed by atoms with van der Waals surface area (Å²) < 4.78 is 0. The van der Waals surface area contributed by atoms with Gasteiger partial charge in [0.05, 0.1) is 0 Å². The molecule has 2 atom stereocenters. The van der Waals surface area contributed by atoms with Gasteiger partial charge in [0.2, 0.25) is 0 Å². The van der Waals surface area contributed by atoms with Gasteiger partial charge in [-0.05, 0) is 155 Å². The molecule has 4 nitrogen and oxygen atoms in total. The van der Waals surface area contributed by atoms with Crippen LogP contribution in [0.1, 0.15) is 25.3 Å². The normalized spacial score (nSPS) is 14.7. The molecule has 10 aromatic rings. The minimum absolute atomic E-state index is 0.383. The molecule has 1 fully saturated rings. The number of nitrogens with zero attached hydrogens (tertiary/aromatic N) is 4. The van der Waals surface area contributed by atoms with Gasteiger partial charge in [0.1, 0.15) is 0 Å². The topological polar surface area (TPSA) is 13.0 Å². The Morgan fingerprint density at radius 3 is 1.47 bits per heavy atom. The Hall–Kier alpha value is -10.4. The number of benzene rings is 10. The molecule has 0 radical (unpaired) electrons. The monoisotopic (exact) mass is 1130 g/mol. The highest BCUT2D eigenvalue weighted by Crippen LogP contribution is 2.52. The lowest BCUT2D eigenvalue weighted by Gasteiger charge is -2.31. The lowest BCUT2D eigenvalue weighted by atomic mass is 9.96. The molecule has 10 aromatic carbocycles. The van der Waals surface area contributed by atoms with Crippen molar-refractivity contribution in [2.45, 2.75) is 19.8 Å². The van der Waals surface area contributed by atoms with Gasteiger partial charge < -0.3 is 19.6 Å². The Morgan fingerprint density at radius 1 is 0.494 bits per heavy atom. The van der Waals surface area contributed by atoms with Crippen molar-refractivity contribution in [3.63, 3.8) is 0 Å². The third kappa shape index (κ3) is 14.4. The molecule has 1 saturated carbocycles. The van der Waals surface area contributed by atoms with Crippen molar-refractivity contribution in [2.24, 2.45) is 11.8 Å². The largest absolute Gasteiger partial charge is 0.370 e. The summed E-state index contributed by atoms with van der Waals surface area (Å²) >= 11 is 0. The van der Waals surface area contributed by atoms with Crippen molar-refractivity contribution in [3.05, 3.63) is 357 Å². The second-order valence-electron chi connectivity index (χ2n) is 22.3. The summed E-state index contributed by atoms with van der Waals surface area (Å²) in [6, 6.07) is 93.2. The third-order valence-corrected chi connectivity index (χ3v) is 16.3. The van der Waals surface area contributed by atoms with Crippen molar-refractivity contribution in [1.29, 1.82) is 0 Å². The van der Waals surface area contributed by atoms with Crippen molar-refractivity contribution >= 4 is 50.5 Å². The number of allylic oxidation sites excluding steroid dienone is 10. The smallest absolute Gasteiger partial charge is 0.0462 e. The van der Waals surface area contributed by atoms with E-state index in [-0.39, 0.29) is 0 Å². The summed E-state index contributed by atoms with van der Waals surface area (Å²) in [4.78, 5) is 9.35. The van der Waals surface area contributed by atoms with E-state index in [0.717, 1.165) is 36.6 Å². The first-order valence-electron chi connectivity index (χ1n) is 30.3. The molecular weight excluding hydrogens is 1050 g/mol. The Bertz CT molecular complexity index is 3990. The van der Waals surface area contributed by atoms with Crippen LogP contribution in [0.5, 0.6) is 0 Å². The van der Waals surface area contributed by atoms with Gasteiger partial charge in [-0.1, -0.05) is 249 Å². The molecule has 0 heterocycles. The molecule has 87 heavy (non-hydrogen) atoms. The summed E-state index contributed by atoms with van der Waals surface area (Å²) in [5, 5.41) is 2.52. The first-order valence-corrected chi connectivity index (χ1v) is 30.3. The number of para-hydroxylation sites is 1. The summed E-state index contributed by atoms with van der Waals surface area (Å²) in [6.07, 6.45) is 24.0. The van der Waals surface area contributed by atoms with Gasteiger partial charge in [-0.15, -0.1) is 6.58 Å². The van der Waals surface area contributed by atoms with E-state index in [2.05, 4.69) is 356 Å². The predicted molar refractivity (Wildman–Crippen MR) is 376 cm³/mol. The summed E-state index contributed by atoms with van der Waals surface area (Å²) in [5.74, 6) is 1.02. The summed E-state index contributed by atoms with van der Waals surface area (Å²) in [6.45, 7) is 11.0. The highest BCUT2D eigenvalue weighted by molar-refractivity contribution is 5.94. The van der Waals surface area contributed by atoms with Gasteiger partial charge in [-0.2, -0.15) is 0 Å². The number of fused-ring (bicyclic) bond motifs is 2. The maximum atomic E-state index is 4.07. The van der Waals surface area contributed by atoms with Crippen LogP contribution in [0.2, 0.25) is 0 Å². The van der Waals surface area contributed by atoms with Crippen molar-refractivity contribution in [1.82, 2.24) is 0 Å². The van der Waals surface area contributed by atoms with E-state index in [9.17, 15) is 0 Å². The van der Waals surface area contributed by atoms with E-state index in [4.69, 9.17) is 0 Å². The predicted octanol–water partition coefficient (Wildman–Crippen LogP) is 21.7. The van der Waals surface area contributed by atoms with Crippen molar-refractivity contribution < 1.29 is 0 Å². The van der Waals surface area contributed by atoms with Gasteiger partial charge in [0.15, 0.2) is 0 Å². The zero-order chi connectivity index (χ0) is 59.7. The fraction of sp³-hybridized carbons (Fsp3) is 0.108. The zero-order valence-corrected chi connectivity index (χ0v) is 50.3. The van der Waals surface area contributed by atoms with Gasteiger partial charge in [0.25, 0.3) is 0 Å². The average molecular weight is 1130 g/mol. The summed E-state index contributed by atoms with van der Waals surface area (Å²) in [7, 11) is 4.30. The second kappa shape index (κ2) is 28.4. The van der Waals surface area contributed by atoms with Crippen LogP contribution >= 0.6 is 0 Å². The van der Waals surface area contributed by atoms with Crippen LogP contribution in [-0.2, 0) is 0 Å². The number of anilines is 6. The highest BCUT2D eigenvalue weighted by Gasteiger charge is 2.36. The van der Waals surface area contributed by atoms with Crippen molar-refractivity contribution in [2.75, 3.05) is 46.8 Å². The molecule has 0 N–H and O–H groups in total. The molecule has 0 spiro atoms. The maximum Gasteiger partial charge on any atom is 0.0462 e. The standard InChI is InChI=1S/C42H36N2.C38H34N2.C3H6/c1-3-11-36(16-10-29-43(2)42-18-9-15-33-14-7-8-17-40(33)42)44(37-24-19-32(20-25-37)31-12-5-4-6-13-31)38-26-21-34(22-27-38)39-28-23-35-30-41(35)39;1-39(35-17-9-4-10-18-35)38-19-11-12-30(28-38)29-40(36-24-20-33(21-25-36)31-13-5-2-6-14-31)37-26-22-34(23-27-37)32-15-7-3-8-16-32;1-3-2/h3-28,41H,1,29-30H2,2H3;2-11,13-28,30H,12,29H2,1H3;3H,1H2,2H3/b16-10-,36-11+;;. The van der Waals surface area contributed by atoms with Gasteiger partial charge >= 0.3 is 0 Å². The molecule has 4 heteroatoms. The lowest BCUT2D eigenvalue weighted by molar-refractivity contribution is 0.649. The first kappa shape index (κ1) is 58.4. The van der Waals surface area contributed by atoms with Crippen LogP contribution in [0, 0.1) is 11.8 Å². The van der Waals surface area contributed by atoms with Crippen LogP contribution in [0.3, 0.4) is 0 Å². The Balaban J connectivity index is 0.000000173. The molecule has 3 aliphatic carbocycles. The van der Waals surface area contributed by atoms with Crippen LogP contribution in [0.15, 0.2) is 352 Å². The first-order chi connectivity index (χ1) is 42.8. The number of hydrogen-bond acceptors (Lipinski definition) is 4. The van der Waals surface area contributed by atoms with Crippen LogP contribution < -0.4 is 19.6 Å². The van der Waals surface area contributed by atoms with Crippen LogP contribution in [-0.4, -0.2) is 27.2 Å². The van der Waals surface area contributed by atoms with Gasteiger partial charge in [-0.25, -0.2) is 0 Å². The third-order valence-electron chi connectivity index (χ3n) is 16.3. The van der Waals surface area contributed by atoms with Crippen molar-refractivity contribution in [3.8, 4) is 33.4 Å². The Labute approximate surface area is 516 Å². The van der Waals surface area contributed by atoms with Gasteiger partial charge in [0, 0.05) is 89.9 Å². The molecule has 428 valence electrons. The molecular formula is C83H76N4. The molecule has 2 unspecified atom stereocenters. The average Bonchev–Trinajstić information content (AvgIpc) is 1.86. The SMILES string of the molecule is C=C/C=C(\C=C/CN(C)c1cccc2ccccc12)N(c1ccc(C2=CC=C3CC32)cc1)c1ccc(-c2ccccc2)cc1.C=CC.CN(C1=CC(CN(c2ccc(-c3ccccc3)cc2)c2ccc(-c3ccccc3)cc2)CC=C1)c1ccccc1. The Morgan fingerprint density at radius 2 is 0.966 bits per heavy atom. The van der Waals surface area contributed by atoms with E-state index in [1.54, 1.807) is 11.6 Å². The maximum absolute atomic E-state index is 4.07. The highest BCUT2D eigenvalue weighted by atomic mass is 15.2. The fourth-order valence-electron chi connectivity index (χ4n) is 11.7.